The maximum atomic E-state index is 5.18. The van der Waals surface area contributed by atoms with Gasteiger partial charge in [0.15, 0.2) is 0 Å². The summed E-state index contributed by atoms with van der Waals surface area (Å²) in [6.45, 7) is 6.26. The lowest BCUT2D eigenvalue weighted by molar-refractivity contribution is 0.185. The third-order valence-electron chi connectivity index (χ3n) is 4.86. The first-order valence-electron chi connectivity index (χ1n) is 9.09. The molecule has 2 aromatic rings. The molecule has 0 amide bonds. The van der Waals surface area contributed by atoms with Crippen molar-refractivity contribution in [1.29, 1.82) is 0 Å². The molecule has 134 valence electrons. The summed E-state index contributed by atoms with van der Waals surface area (Å²) in [4.78, 5) is 9.20. The van der Waals surface area contributed by atoms with Gasteiger partial charge >= 0.3 is 0 Å². The molecule has 2 heterocycles. The van der Waals surface area contributed by atoms with Crippen LogP contribution in [-0.2, 0) is 24.4 Å². The molecule has 1 fully saturated rings. The monoisotopic (exact) mass is 339 g/mol. The lowest BCUT2D eigenvalue weighted by atomic mass is 10.1. The van der Waals surface area contributed by atoms with Crippen LogP contribution in [0.15, 0.2) is 48.8 Å². The Hall–Kier alpha value is -1.75. The van der Waals surface area contributed by atoms with Crippen LogP contribution < -0.4 is 0 Å². The fraction of sp³-hybridized carbons (Fsp3) is 0.476. The van der Waals surface area contributed by atoms with Crippen LogP contribution in [0, 0.1) is 5.92 Å². The molecule has 4 heteroatoms. The van der Waals surface area contributed by atoms with Gasteiger partial charge in [0.1, 0.15) is 0 Å². The summed E-state index contributed by atoms with van der Waals surface area (Å²) < 4.78 is 5.18. The van der Waals surface area contributed by atoms with Crippen molar-refractivity contribution in [3.63, 3.8) is 0 Å². The summed E-state index contributed by atoms with van der Waals surface area (Å²) in [6, 6.07) is 13.0. The van der Waals surface area contributed by atoms with E-state index in [0.29, 0.717) is 6.61 Å². The van der Waals surface area contributed by atoms with Crippen LogP contribution in [-0.4, -0.2) is 48.6 Å². The first-order valence-corrected chi connectivity index (χ1v) is 9.09. The SMILES string of the molecule is COCc1ccc(CN2CC[C@H](CN(C)Cc3cccnc3)C2)cc1. The van der Waals surface area contributed by atoms with Crippen molar-refractivity contribution in [3.8, 4) is 0 Å². The van der Waals surface area contributed by atoms with Gasteiger partial charge in [-0.2, -0.15) is 0 Å². The number of aromatic nitrogens is 1. The molecule has 1 aromatic carbocycles. The van der Waals surface area contributed by atoms with E-state index in [4.69, 9.17) is 4.74 Å². The number of benzene rings is 1. The number of methoxy groups -OCH3 is 1. The van der Waals surface area contributed by atoms with Crippen molar-refractivity contribution in [2.45, 2.75) is 26.1 Å². The number of rotatable bonds is 8. The van der Waals surface area contributed by atoms with Gasteiger partial charge in [0.2, 0.25) is 0 Å². The number of likely N-dealkylation sites (tertiary alicyclic amines) is 1. The predicted molar refractivity (Wildman–Crippen MR) is 101 cm³/mol. The number of pyridine rings is 1. The van der Waals surface area contributed by atoms with Crippen LogP contribution in [0.25, 0.3) is 0 Å². The summed E-state index contributed by atoms with van der Waals surface area (Å²) in [5.41, 5.74) is 3.92. The molecule has 0 spiro atoms. The highest BCUT2D eigenvalue weighted by atomic mass is 16.5. The largest absolute Gasteiger partial charge is 0.380 e. The van der Waals surface area contributed by atoms with E-state index in [1.807, 2.05) is 18.5 Å². The van der Waals surface area contributed by atoms with Crippen LogP contribution in [0.5, 0.6) is 0 Å². The summed E-state index contributed by atoms with van der Waals surface area (Å²) >= 11 is 0. The molecular formula is C21H29N3O. The molecule has 1 saturated heterocycles. The number of nitrogens with zero attached hydrogens (tertiary/aromatic N) is 3. The van der Waals surface area contributed by atoms with Gasteiger partial charge in [-0.15, -0.1) is 0 Å². The second-order valence-electron chi connectivity index (χ2n) is 7.20. The van der Waals surface area contributed by atoms with Gasteiger partial charge in [-0.3, -0.25) is 9.88 Å². The van der Waals surface area contributed by atoms with Crippen molar-refractivity contribution >= 4 is 0 Å². The zero-order valence-corrected chi connectivity index (χ0v) is 15.4. The Morgan fingerprint density at radius 3 is 2.68 bits per heavy atom. The number of hydrogen-bond acceptors (Lipinski definition) is 4. The molecule has 1 atom stereocenters. The molecule has 25 heavy (non-hydrogen) atoms. The highest BCUT2D eigenvalue weighted by molar-refractivity contribution is 5.22. The maximum absolute atomic E-state index is 5.18. The third-order valence-corrected chi connectivity index (χ3v) is 4.86. The van der Waals surface area contributed by atoms with Crippen LogP contribution in [0.1, 0.15) is 23.1 Å². The fourth-order valence-corrected chi connectivity index (χ4v) is 3.68. The minimum Gasteiger partial charge on any atom is -0.380 e. The lowest BCUT2D eigenvalue weighted by Gasteiger charge is -2.21. The van der Waals surface area contributed by atoms with E-state index in [2.05, 4.69) is 52.2 Å². The van der Waals surface area contributed by atoms with E-state index < -0.39 is 0 Å². The third kappa shape index (κ3) is 5.63. The first-order chi connectivity index (χ1) is 12.2. The second-order valence-corrected chi connectivity index (χ2v) is 7.20. The highest BCUT2D eigenvalue weighted by Crippen LogP contribution is 2.20. The molecule has 0 bridgehead atoms. The van der Waals surface area contributed by atoms with Gasteiger partial charge in [0.25, 0.3) is 0 Å². The first kappa shape index (κ1) is 18.1. The summed E-state index contributed by atoms with van der Waals surface area (Å²) in [6.07, 6.45) is 5.09. The average Bonchev–Trinajstić information content (AvgIpc) is 3.04. The molecule has 0 aliphatic carbocycles. The van der Waals surface area contributed by atoms with E-state index in [1.54, 1.807) is 7.11 Å². The van der Waals surface area contributed by atoms with Crippen molar-refractivity contribution in [1.82, 2.24) is 14.8 Å². The Morgan fingerprint density at radius 2 is 1.96 bits per heavy atom. The summed E-state index contributed by atoms with van der Waals surface area (Å²) in [5.74, 6) is 0.759. The van der Waals surface area contributed by atoms with Crippen molar-refractivity contribution in [2.75, 3.05) is 33.8 Å². The Balaban J connectivity index is 1.43. The Bertz CT molecular complexity index is 629. The minimum absolute atomic E-state index is 0.690. The molecule has 0 N–H and O–H groups in total. The topological polar surface area (TPSA) is 28.6 Å². The predicted octanol–water partition coefficient (Wildman–Crippen LogP) is 3.18. The lowest BCUT2D eigenvalue weighted by Crippen LogP contribution is -2.28. The van der Waals surface area contributed by atoms with Crippen LogP contribution in [0.4, 0.5) is 0 Å². The normalized spacial score (nSPS) is 18.1. The average molecular weight is 339 g/mol. The van der Waals surface area contributed by atoms with E-state index >= 15 is 0 Å². The maximum Gasteiger partial charge on any atom is 0.0713 e. The van der Waals surface area contributed by atoms with E-state index in [0.717, 1.165) is 25.6 Å². The van der Waals surface area contributed by atoms with Crippen LogP contribution >= 0.6 is 0 Å². The molecule has 0 radical (unpaired) electrons. The molecule has 4 nitrogen and oxygen atoms in total. The Kier molecular flexibility index (Phi) is 6.56. The van der Waals surface area contributed by atoms with Gasteiger partial charge in [0, 0.05) is 45.7 Å². The van der Waals surface area contributed by atoms with Crippen molar-refractivity contribution in [3.05, 3.63) is 65.5 Å². The Morgan fingerprint density at radius 1 is 1.16 bits per heavy atom. The van der Waals surface area contributed by atoms with E-state index in [9.17, 15) is 0 Å². The van der Waals surface area contributed by atoms with Crippen molar-refractivity contribution < 1.29 is 4.74 Å². The summed E-state index contributed by atoms with van der Waals surface area (Å²) in [5, 5.41) is 0. The van der Waals surface area contributed by atoms with Gasteiger partial charge in [-0.25, -0.2) is 0 Å². The van der Waals surface area contributed by atoms with Gasteiger partial charge in [0.05, 0.1) is 6.61 Å². The zero-order valence-electron chi connectivity index (χ0n) is 15.4. The molecule has 1 aromatic heterocycles. The highest BCUT2D eigenvalue weighted by Gasteiger charge is 2.23. The molecular weight excluding hydrogens is 310 g/mol. The van der Waals surface area contributed by atoms with Crippen molar-refractivity contribution in [2.24, 2.45) is 5.92 Å². The van der Waals surface area contributed by atoms with Crippen LogP contribution in [0.3, 0.4) is 0 Å². The minimum atomic E-state index is 0.690. The van der Waals surface area contributed by atoms with Gasteiger partial charge in [-0.05, 0) is 48.7 Å². The molecule has 0 unspecified atom stereocenters. The molecule has 1 aliphatic heterocycles. The van der Waals surface area contributed by atoms with Gasteiger partial charge in [-0.1, -0.05) is 30.3 Å². The van der Waals surface area contributed by atoms with Gasteiger partial charge < -0.3 is 9.64 Å². The fourth-order valence-electron chi connectivity index (χ4n) is 3.68. The second kappa shape index (κ2) is 9.09. The number of hydrogen-bond donors (Lipinski definition) is 0. The quantitative estimate of drug-likeness (QED) is 0.738. The van der Waals surface area contributed by atoms with E-state index in [-0.39, 0.29) is 0 Å². The number of ether oxygens (including phenoxy) is 1. The standard InChI is InChI=1S/C21H29N3O/c1-23(13-20-4-3-10-22-12-20)14-21-9-11-24(16-21)15-18-5-7-19(8-6-18)17-25-2/h3-8,10,12,21H,9,11,13-17H2,1-2H3/t21-/m1/s1. The molecule has 1 aliphatic rings. The molecule has 3 rings (SSSR count). The molecule has 0 saturated carbocycles. The zero-order chi connectivity index (χ0) is 17.5. The smallest absolute Gasteiger partial charge is 0.0713 e. The summed E-state index contributed by atoms with van der Waals surface area (Å²) in [7, 11) is 3.95. The van der Waals surface area contributed by atoms with Crippen LogP contribution in [0.2, 0.25) is 0 Å². The Labute approximate surface area is 151 Å². The van der Waals surface area contributed by atoms with E-state index in [1.165, 1.54) is 36.2 Å².